The lowest BCUT2D eigenvalue weighted by molar-refractivity contribution is -0.158. The van der Waals surface area contributed by atoms with E-state index in [4.69, 9.17) is 4.74 Å². The van der Waals surface area contributed by atoms with Gasteiger partial charge in [-0.05, 0) is 38.4 Å². The Morgan fingerprint density at radius 3 is 2.80 bits per heavy atom. The summed E-state index contributed by atoms with van der Waals surface area (Å²) in [6.45, 7) is 2.80. The summed E-state index contributed by atoms with van der Waals surface area (Å²) in [5.41, 5.74) is 0.143. The molecule has 1 aromatic carbocycles. The molecule has 1 fully saturated rings. The lowest BCUT2D eigenvalue weighted by Crippen LogP contribution is -2.62. The summed E-state index contributed by atoms with van der Waals surface area (Å²) < 4.78 is 6.06. The summed E-state index contributed by atoms with van der Waals surface area (Å²) in [6.07, 6.45) is 2.03. The summed E-state index contributed by atoms with van der Waals surface area (Å²) in [5.74, 6) is -0.108. The molecule has 0 radical (unpaired) electrons. The van der Waals surface area contributed by atoms with Gasteiger partial charge in [-0.3, -0.25) is 14.5 Å². The number of likely N-dealkylation sites (tertiary alicyclic amines) is 1. The molecule has 0 amide bonds. The van der Waals surface area contributed by atoms with E-state index < -0.39 is 11.0 Å². The van der Waals surface area contributed by atoms with E-state index in [0.717, 1.165) is 22.2 Å². The Morgan fingerprint density at radius 1 is 1.48 bits per heavy atom. The Bertz CT molecular complexity index is 695. The maximum Gasteiger partial charge on any atom is 0.313 e. The number of nitrogens with one attached hydrogen (secondary N) is 1. The number of likely N-dealkylation sites (N-methyl/N-ethyl adjacent to an activating group) is 1. The van der Waals surface area contributed by atoms with Gasteiger partial charge in [0, 0.05) is 22.2 Å². The van der Waals surface area contributed by atoms with Gasteiger partial charge in [-0.15, -0.1) is 0 Å². The molecule has 1 saturated heterocycles. The molecule has 0 saturated carbocycles. The van der Waals surface area contributed by atoms with Gasteiger partial charge in [0.1, 0.15) is 5.54 Å². The maximum atomic E-state index is 13.4. The molecule has 3 rings (SSSR count). The fourth-order valence-electron chi connectivity index (χ4n) is 4.82. The number of nitrogens with zero attached hydrogens (tertiary/aromatic N) is 1. The summed E-state index contributed by atoms with van der Waals surface area (Å²) >= 11 is 2.30. The number of methoxy groups -OCH3 is 1. The SMILES string of the molecule is CCC(CCI)(C(=O)OC)C1N(C)CCC12Nc1ccccc1C2=O. The highest BCUT2D eigenvalue weighted by atomic mass is 127. The minimum absolute atomic E-state index is 0.104. The minimum atomic E-state index is -0.756. The first kappa shape index (κ1) is 18.6. The van der Waals surface area contributed by atoms with Crippen molar-refractivity contribution < 1.29 is 14.3 Å². The number of fused-ring (bicyclic) bond motifs is 1. The first-order valence-corrected chi connectivity index (χ1v) is 10.3. The minimum Gasteiger partial charge on any atom is -0.469 e. The molecular weight excluding hydrogens is 431 g/mol. The van der Waals surface area contributed by atoms with Gasteiger partial charge in [0.2, 0.25) is 0 Å². The monoisotopic (exact) mass is 456 g/mol. The number of esters is 1. The summed E-state index contributed by atoms with van der Waals surface area (Å²) in [4.78, 5) is 28.5. The molecular formula is C19H25IN2O3. The Balaban J connectivity index is 2.13. The zero-order valence-corrected chi connectivity index (χ0v) is 17.1. The van der Waals surface area contributed by atoms with Crippen LogP contribution in [-0.4, -0.2) is 53.4 Å². The van der Waals surface area contributed by atoms with E-state index in [2.05, 4.69) is 32.8 Å². The van der Waals surface area contributed by atoms with Gasteiger partial charge in [-0.25, -0.2) is 0 Å². The third kappa shape index (κ3) is 2.60. The van der Waals surface area contributed by atoms with Gasteiger partial charge in [-0.1, -0.05) is 41.6 Å². The first-order valence-electron chi connectivity index (χ1n) is 8.73. The van der Waals surface area contributed by atoms with Crippen LogP contribution in [0.25, 0.3) is 0 Å². The molecule has 2 aliphatic rings. The van der Waals surface area contributed by atoms with Gasteiger partial charge < -0.3 is 10.1 Å². The lowest BCUT2D eigenvalue weighted by atomic mass is 9.66. The number of anilines is 1. The predicted octanol–water partition coefficient (Wildman–Crippen LogP) is 3.13. The average Bonchev–Trinajstić information content (AvgIpc) is 3.11. The molecule has 3 unspecified atom stereocenters. The lowest BCUT2D eigenvalue weighted by Gasteiger charge is -2.45. The molecule has 1 spiro atoms. The largest absolute Gasteiger partial charge is 0.469 e. The highest BCUT2D eigenvalue weighted by molar-refractivity contribution is 14.1. The van der Waals surface area contributed by atoms with E-state index in [1.807, 2.05) is 38.2 Å². The third-order valence-corrected chi connectivity index (χ3v) is 6.53. The highest BCUT2D eigenvalue weighted by Gasteiger charge is 2.64. The van der Waals surface area contributed by atoms with Crippen LogP contribution in [0.4, 0.5) is 5.69 Å². The number of hydrogen-bond acceptors (Lipinski definition) is 5. The van der Waals surface area contributed by atoms with E-state index in [9.17, 15) is 9.59 Å². The second-order valence-electron chi connectivity index (χ2n) is 7.04. The van der Waals surface area contributed by atoms with Crippen molar-refractivity contribution in [3.63, 3.8) is 0 Å². The van der Waals surface area contributed by atoms with Gasteiger partial charge in [0.25, 0.3) is 0 Å². The quantitative estimate of drug-likeness (QED) is 0.419. The van der Waals surface area contributed by atoms with Crippen molar-refractivity contribution >= 4 is 40.0 Å². The first-order chi connectivity index (χ1) is 12.0. The van der Waals surface area contributed by atoms with E-state index in [-0.39, 0.29) is 17.8 Å². The Hall–Kier alpha value is -1.15. The van der Waals surface area contributed by atoms with Crippen LogP contribution in [0.5, 0.6) is 0 Å². The fourth-order valence-corrected chi connectivity index (χ4v) is 5.78. The van der Waals surface area contributed by atoms with Crippen molar-refractivity contribution in [3.05, 3.63) is 29.8 Å². The number of carbonyl (C=O) groups is 2. The Labute approximate surface area is 162 Å². The highest BCUT2D eigenvalue weighted by Crippen LogP contribution is 2.50. The summed E-state index contributed by atoms with van der Waals surface area (Å²) in [7, 11) is 3.46. The Morgan fingerprint density at radius 2 is 2.20 bits per heavy atom. The van der Waals surface area contributed by atoms with Crippen molar-refractivity contribution in [3.8, 4) is 0 Å². The van der Waals surface area contributed by atoms with Crippen LogP contribution in [0.2, 0.25) is 0 Å². The van der Waals surface area contributed by atoms with Crippen molar-refractivity contribution in [2.45, 2.75) is 37.8 Å². The van der Waals surface area contributed by atoms with E-state index in [1.54, 1.807) is 0 Å². The van der Waals surface area contributed by atoms with Gasteiger partial charge >= 0.3 is 5.97 Å². The number of ether oxygens (including phenoxy) is 1. The summed E-state index contributed by atoms with van der Waals surface area (Å²) in [6, 6.07) is 7.42. The van der Waals surface area contributed by atoms with Gasteiger partial charge in [0.15, 0.2) is 5.78 Å². The number of Topliss-reactive ketones (excluding diaryl/α,β-unsaturated/α-hetero) is 1. The van der Waals surface area contributed by atoms with Crippen LogP contribution in [-0.2, 0) is 9.53 Å². The maximum absolute atomic E-state index is 13.4. The second-order valence-corrected chi connectivity index (χ2v) is 8.12. The number of halogens is 1. The van der Waals surface area contributed by atoms with Crippen LogP contribution in [0.1, 0.15) is 36.5 Å². The van der Waals surface area contributed by atoms with E-state index in [0.29, 0.717) is 19.3 Å². The number of rotatable bonds is 5. The molecule has 0 aliphatic carbocycles. The van der Waals surface area contributed by atoms with Crippen molar-refractivity contribution in [2.75, 3.05) is 30.4 Å². The van der Waals surface area contributed by atoms with Crippen LogP contribution in [0, 0.1) is 5.41 Å². The fraction of sp³-hybridized carbons (Fsp3) is 0.579. The number of alkyl halides is 1. The molecule has 3 atom stereocenters. The van der Waals surface area contributed by atoms with Crippen molar-refractivity contribution in [1.82, 2.24) is 4.90 Å². The zero-order chi connectivity index (χ0) is 18.2. The molecule has 2 aliphatic heterocycles. The zero-order valence-electron chi connectivity index (χ0n) is 15.0. The molecule has 1 aromatic rings. The molecule has 2 heterocycles. The van der Waals surface area contributed by atoms with E-state index in [1.165, 1.54) is 7.11 Å². The standard InChI is InChI=1S/C19H25IN2O3/c1-4-18(9-11-20,17(24)25-3)16-19(10-12-22(16)2)15(23)13-7-5-6-8-14(13)21-19/h5-8,16,21H,4,9-12H2,1-3H3. The number of carbonyl (C=O) groups excluding carboxylic acids is 2. The van der Waals surface area contributed by atoms with Crippen LogP contribution in [0.15, 0.2) is 24.3 Å². The molecule has 6 heteroatoms. The average molecular weight is 456 g/mol. The van der Waals surface area contributed by atoms with Crippen LogP contribution < -0.4 is 5.32 Å². The molecule has 0 bridgehead atoms. The normalized spacial score (nSPS) is 27.8. The molecule has 136 valence electrons. The second kappa shape index (κ2) is 6.87. The molecule has 1 N–H and O–H groups in total. The molecule has 25 heavy (non-hydrogen) atoms. The predicted molar refractivity (Wildman–Crippen MR) is 106 cm³/mol. The molecule has 5 nitrogen and oxygen atoms in total. The molecule has 0 aromatic heterocycles. The van der Waals surface area contributed by atoms with Gasteiger partial charge in [-0.2, -0.15) is 0 Å². The van der Waals surface area contributed by atoms with Gasteiger partial charge in [0.05, 0.1) is 18.6 Å². The number of para-hydroxylation sites is 1. The topological polar surface area (TPSA) is 58.6 Å². The number of hydrogen-bond donors (Lipinski definition) is 1. The third-order valence-electron chi connectivity index (χ3n) is 5.99. The Kier molecular flexibility index (Phi) is 5.12. The number of benzene rings is 1. The van der Waals surface area contributed by atoms with E-state index >= 15 is 0 Å². The van der Waals surface area contributed by atoms with Crippen LogP contribution >= 0.6 is 22.6 Å². The van der Waals surface area contributed by atoms with Crippen molar-refractivity contribution in [1.29, 1.82) is 0 Å². The number of ketones is 1. The smallest absolute Gasteiger partial charge is 0.313 e. The van der Waals surface area contributed by atoms with Crippen molar-refractivity contribution in [2.24, 2.45) is 5.41 Å². The van der Waals surface area contributed by atoms with Crippen LogP contribution in [0.3, 0.4) is 0 Å². The summed E-state index contributed by atoms with van der Waals surface area (Å²) in [5, 5.41) is 3.52.